The van der Waals surface area contributed by atoms with Crippen molar-refractivity contribution in [3.63, 3.8) is 0 Å². The number of aliphatic hydroxyl groups is 1. The van der Waals surface area contributed by atoms with Crippen molar-refractivity contribution in [1.29, 1.82) is 5.26 Å². The summed E-state index contributed by atoms with van der Waals surface area (Å²) in [5.41, 5.74) is -0.437. The lowest BCUT2D eigenvalue weighted by atomic mass is 10.2. The van der Waals surface area contributed by atoms with Crippen molar-refractivity contribution in [2.24, 2.45) is 0 Å². The minimum absolute atomic E-state index is 0.0931. The van der Waals surface area contributed by atoms with Crippen LogP contribution in [-0.2, 0) is 6.61 Å². The second-order valence-corrected chi connectivity index (χ2v) is 3.29. The summed E-state index contributed by atoms with van der Waals surface area (Å²) in [6.45, 7) is -0.405. The number of pyridine rings is 1. The van der Waals surface area contributed by atoms with Crippen LogP contribution in [0.1, 0.15) is 23.4 Å². The van der Waals surface area contributed by atoms with Gasteiger partial charge >= 0.3 is 0 Å². The molecule has 1 heterocycles. The summed E-state index contributed by atoms with van der Waals surface area (Å²) in [5, 5.41) is 17.4. The maximum absolute atomic E-state index is 12.3. The summed E-state index contributed by atoms with van der Waals surface area (Å²) in [4.78, 5) is 3.44. The van der Waals surface area contributed by atoms with Crippen LogP contribution in [0.2, 0.25) is 0 Å². The topological polar surface area (TPSA) is 56.9 Å². The van der Waals surface area contributed by atoms with Crippen molar-refractivity contribution in [2.45, 2.75) is 13.0 Å². The highest BCUT2D eigenvalue weighted by atomic mass is 79.9. The fourth-order valence-electron chi connectivity index (χ4n) is 0.911. The van der Waals surface area contributed by atoms with Crippen LogP contribution >= 0.6 is 15.9 Å². The molecule has 14 heavy (non-hydrogen) atoms. The number of halogens is 3. The van der Waals surface area contributed by atoms with E-state index in [4.69, 9.17) is 10.4 Å². The zero-order valence-corrected chi connectivity index (χ0v) is 8.42. The second-order valence-electron chi connectivity index (χ2n) is 2.43. The van der Waals surface area contributed by atoms with E-state index >= 15 is 0 Å². The molecule has 6 heteroatoms. The predicted octanol–water partition coefficient (Wildman–Crippen LogP) is 2.15. The molecule has 0 saturated heterocycles. The Hall–Kier alpha value is -1.06. The molecule has 0 unspecified atom stereocenters. The second kappa shape index (κ2) is 4.44. The number of rotatable bonds is 2. The molecule has 0 fully saturated rings. The highest BCUT2D eigenvalue weighted by molar-refractivity contribution is 9.10. The Morgan fingerprint density at radius 3 is 2.71 bits per heavy atom. The third-order valence-electron chi connectivity index (χ3n) is 1.57. The maximum atomic E-state index is 12.3. The molecule has 0 aromatic carbocycles. The van der Waals surface area contributed by atoms with Gasteiger partial charge in [-0.2, -0.15) is 5.26 Å². The number of nitriles is 1. The van der Waals surface area contributed by atoms with Gasteiger partial charge in [0.25, 0.3) is 6.43 Å². The molecule has 1 aromatic rings. The van der Waals surface area contributed by atoms with E-state index in [2.05, 4.69) is 20.9 Å². The monoisotopic (exact) mass is 262 g/mol. The molecular weight excluding hydrogens is 258 g/mol. The van der Waals surface area contributed by atoms with Crippen LogP contribution < -0.4 is 0 Å². The van der Waals surface area contributed by atoms with E-state index < -0.39 is 18.7 Å². The van der Waals surface area contributed by atoms with Gasteiger partial charge in [0.15, 0.2) is 0 Å². The molecule has 1 aromatic heterocycles. The third kappa shape index (κ3) is 2.05. The van der Waals surface area contributed by atoms with Gasteiger partial charge < -0.3 is 5.11 Å². The molecule has 1 N–H and O–H groups in total. The first-order chi connectivity index (χ1) is 6.60. The first kappa shape index (κ1) is 11.0. The van der Waals surface area contributed by atoms with Crippen LogP contribution in [-0.4, -0.2) is 10.1 Å². The lowest BCUT2D eigenvalue weighted by Crippen LogP contribution is -2.00. The van der Waals surface area contributed by atoms with Crippen molar-refractivity contribution in [2.75, 3.05) is 0 Å². The van der Waals surface area contributed by atoms with Gasteiger partial charge in [0.1, 0.15) is 17.5 Å². The molecule has 0 saturated carbocycles. The van der Waals surface area contributed by atoms with Crippen LogP contribution in [0.5, 0.6) is 0 Å². The van der Waals surface area contributed by atoms with Gasteiger partial charge in [0, 0.05) is 10.0 Å². The van der Waals surface area contributed by atoms with E-state index in [1.807, 2.05) is 0 Å². The van der Waals surface area contributed by atoms with Gasteiger partial charge in [-0.25, -0.2) is 13.8 Å². The Balaban J connectivity index is 3.32. The van der Waals surface area contributed by atoms with E-state index in [9.17, 15) is 8.78 Å². The lowest BCUT2D eigenvalue weighted by molar-refractivity contribution is 0.145. The molecule has 0 aliphatic carbocycles. The quantitative estimate of drug-likeness (QED) is 0.889. The van der Waals surface area contributed by atoms with Gasteiger partial charge in [-0.05, 0) is 22.0 Å². The van der Waals surface area contributed by atoms with E-state index in [-0.39, 0.29) is 15.7 Å². The highest BCUT2D eigenvalue weighted by Crippen LogP contribution is 2.27. The molecule has 0 aliphatic heterocycles. The smallest absolute Gasteiger partial charge is 0.281 e. The standard InChI is InChI=1S/C8H5BrF2N2O/c9-5-1-4(3-14)6(2-12)13-7(5)8(10)11/h1,8,14H,3H2. The fourth-order valence-corrected chi connectivity index (χ4v) is 1.45. The molecule has 1 rings (SSSR count). The van der Waals surface area contributed by atoms with Gasteiger partial charge in [-0.3, -0.25) is 0 Å². The molecule has 0 amide bonds. The summed E-state index contributed by atoms with van der Waals surface area (Å²) >= 11 is 2.89. The Bertz CT molecular complexity index is 390. The van der Waals surface area contributed by atoms with E-state index in [0.29, 0.717) is 0 Å². The maximum Gasteiger partial charge on any atom is 0.281 e. The molecule has 0 radical (unpaired) electrons. The minimum atomic E-state index is -2.75. The average molecular weight is 263 g/mol. The predicted molar refractivity (Wildman–Crippen MR) is 47.5 cm³/mol. The molecular formula is C8H5BrF2N2O. The van der Waals surface area contributed by atoms with Crippen LogP contribution in [0.4, 0.5) is 8.78 Å². The van der Waals surface area contributed by atoms with Crippen LogP contribution in [0.25, 0.3) is 0 Å². The lowest BCUT2D eigenvalue weighted by Gasteiger charge is -2.05. The molecule has 74 valence electrons. The van der Waals surface area contributed by atoms with Crippen LogP contribution in [0, 0.1) is 11.3 Å². The molecule has 0 aliphatic rings. The number of nitrogens with zero attached hydrogens (tertiary/aromatic N) is 2. The van der Waals surface area contributed by atoms with E-state index in [0.717, 1.165) is 0 Å². The molecule has 0 atom stereocenters. The van der Waals surface area contributed by atoms with Crippen molar-refractivity contribution in [3.8, 4) is 6.07 Å². The Morgan fingerprint density at radius 1 is 1.64 bits per heavy atom. The summed E-state index contributed by atoms with van der Waals surface area (Å²) in [6, 6.07) is 2.91. The normalized spacial score (nSPS) is 10.3. The Morgan fingerprint density at radius 2 is 2.29 bits per heavy atom. The van der Waals surface area contributed by atoms with Gasteiger partial charge in [0.05, 0.1) is 6.61 Å². The first-order valence-electron chi connectivity index (χ1n) is 3.58. The average Bonchev–Trinajstić information content (AvgIpc) is 2.16. The van der Waals surface area contributed by atoms with E-state index in [1.165, 1.54) is 6.07 Å². The van der Waals surface area contributed by atoms with Crippen molar-refractivity contribution >= 4 is 15.9 Å². The largest absolute Gasteiger partial charge is 0.392 e. The highest BCUT2D eigenvalue weighted by Gasteiger charge is 2.16. The zero-order valence-electron chi connectivity index (χ0n) is 6.84. The number of aromatic nitrogens is 1. The van der Waals surface area contributed by atoms with E-state index in [1.54, 1.807) is 6.07 Å². The van der Waals surface area contributed by atoms with Gasteiger partial charge in [0.2, 0.25) is 0 Å². The van der Waals surface area contributed by atoms with Crippen molar-refractivity contribution in [1.82, 2.24) is 4.98 Å². The van der Waals surface area contributed by atoms with Crippen molar-refractivity contribution in [3.05, 3.63) is 27.5 Å². The number of hydrogen-bond acceptors (Lipinski definition) is 3. The first-order valence-corrected chi connectivity index (χ1v) is 4.38. The number of hydrogen-bond donors (Lipinski definition) is 1. The Kier molecular flexibility index (Phi) is 3.49. The van der Waals surface area contributed by atoms with Crippen LogP contribution in [0.15, 0.2) is 10.5 Å². The summed E-state index contributed by atoms with van der Waals surface area (Å²) < 4.78 is 24.7. The third-order valence-corrected chi connectivity index (χ3v) is 2.20. The molecule has 3 nitrogen and oxygen atoms in total. The summed E-state index contributed by atoms with van der Waals surface area (Å²) in [7, 11) is 0. The molecule has 0 bridgehead atoms. The number of aliphatic hydroxyl groups excluding tert-OH is 1. The van der Waals surface area contributed by atoms with Gasteiger partial charge in [-0.1, -0.05) is 0 Å². The summed E-state index contributed by atoms with van der Waals surface area (Å²) in [5.74, 6) is 0. The molecule has 0 spiro atoms. The summed E-state index contributed by atoms with van der Waals surface area (Å²) in [6.07, 6.45) is -2.75. The Labute approximate surface area is 87.1 Å². The SMILES string of the molecule is N#Cc1nc(C(F)F)c(Br)cc1CO. The minimum Gasteiger partial charge on any atom is -0.392 e. The van der Waals surface area contributed by atoms with Crippen LogP contribution in [0.3, 0.4) is 0 Å². The van der Waals surface area contributed by atoms with Crippen molar-refractivity contribution < 1.29 is 13.9 Å². The number of alkyl halides is 2. The fraction of sp³-hybridized carbons (Fsp3) is 0.250. The van der Waals surface area contributed by atoms with Gasteiger partial charge in [-0.15, -0.1) is 0 Å². The zero-order chi connectivity index (χ0) is 10.7.